The number of carbonyl (C=O) groups is 3. The first kappa shape index (κ1) is 19.2. The van der Waals surface area contributed by atoms with Crippen LogP contribution in [0.25, 0.3) is 11.0 Å². The number of nitrogens with zero attached hydrogens (tertiary/aromatic N) is 2. The first-order valence-electron chi connectivity index (χ1n) is 8.81. The van der Waals surface area contributed by atoms with E-state index in [0.717, 1.165) is 16.9 Å². The minimum absolute atomic E-state index is 0.118. The Morgan fingerprint density at radius 1 is 1.00 bits per heavy atom. The Balaban J connectivity index is 1.37. The van der Waals surface area contributed by atoms with Crippen molar-refractivity contribution in [1.82, 2.24) is 25.5 Å². The molecule has 9 nitrogen and oxygen atoms in total. The van der Waals surface area contributed by atoms with Crippen LogP contribution in [0, 0.1) is 6.92 Å². The predicted octanol–water partition coefficient (Wildman–Crippen LogP) is 0.600. The molecular formula is C19H21N5O4. The molecule has 2 heterocycles. The molecule has 146 valence electrons. The van der Waals surface area contributed by atoms with Crippen molar-refractivity contribution in [3.8, 4) is 0 Å². The van der Waals surface area contributed by atoms with Gasteiger partial charge in [0.1, 0.15) is 5.82 Å². The average molecular weight is 383 g/mol. The van der Waals surface area contributed by atoms with E-state index in [1.807, 2.05) is 35.8 Å². The fourth-order valence-electron chi connectivity index (χ4n) is 2.74. The number of para-hydroxylation sites is 2. The number of aryl methyl sites for hydroxylation is 1. The van der Waals surface area contributed by atoms with Crippen molar-refractivity contribution in [3.05, 3.63) is 54.2 Å². The maximum Gasteiger partial charge on any atom is 0.287 e. The standard InChI is InChI=1S/C19H21N5O4/c1-13-23-14-5-2-3-6-15(14)24(13)9-8-20-17(25)11-21-18(26)12-22-19(27)16-7-4-10-28-16/h2-7,10H,8-9,11-12H2,1H3,(H,20,25)(H,21,26)(H,22,27). The van der Waals surface area contributed by atoms with Crippen LogP contribution in [-0.2, 0) is 16.1 Å². The zero-order chi connectivity index (χ0) is 19.9. The lowest BCUT2D eigenvalue weighted by molar-refractivity contribution is -0.125. The molecule has 3 N–H and O–H groups in total. The fraction of sp³-hybridized carbons (Fsp3) is 0.263. The van der Waals surface area contributed by atoms with E-state index in [0.29, 0.717) is 13.1 Å². The minimum atomic E-state index is -0.493. The molecule has 0 radical (unpaired) electrons. The Labute approximate surface area is 161 Å². The second-order valence-corrected chi connectivity index (χ2v) is 6.09. The number of hydrogen-bond donors (Lipinski definition) is 3. The largest absolute Gasteiger partial charge is 0.459 e. The molecule has 0 aliphatic rings. The fourth-order valence-corrected chi connectivity index (χ4v) is 2.74. The monoisotopic (exact) mass is 383 g/mol. The maximum absolute atomic E-state index is 11.9. The summed E-state index contributed by atoms with van der Waals surface area (Å²) in [5.41, 5.74) is 1.92. The van der Waals surface area contributed by atoms with Gasteiger partial charge in [0.25, 0.3) is 5.91 Å². The number of rotatable bonds is 8. The molecular weight excluding hydrogens is 362 g/mol. The smallest absolute Gasteiger partial charge is 0.287 e. The molecule has 3 aromatic rings. The summed E-state index contributed by atoms with van der Waals surface area (Å²) in [5, 5.41) is 7.61. The van der Waals surface area contributed by atoms with Crippen LogP contribution in [0.15, 0.2) is 47.1 Å². The summed E-state index contributed by atoms with van der Waals surface area (Å²) in [6.45, 7) is 2.49. The lowest BCUT2D eigenvalue weighted by atomic mass is 10.3. The first-order chi connectivity index (χ1) is 13.5. The molecule has 9 heteroatoms. The Morgan fingerprint density at radius 3 is 2.54 bits per heavy atom. The quantitative estimate of drug-likeness (QED) is 0.526. The molecule has 0 unspecified atom stereocenters. The third-order valence-corrected chi connectivity index (χ3v) is 4.10. The van der Waals surface area contributed by atoms with Gasteiger partial charge in [0.2, 0.25) is 11.8 Å². The van der Waals surface area contributed by atoms with Gasteiger partial charge < -0.3 is 24.9 Å². The molecule has 3 amide bonds. The first-order valence-corrected chi connectivity index (χ1v) is 8.81. The zero-order valence-corrected chi connectivity index (χ0v) is 15.4. The van der Waals surface area contributed by atoms with Gasteiger partial charge in [-0.2, -0.15) is 0 Å². The van der Waals surface area contributed by atoms with Gasteiger partial charge in [0.15, 0.2) is 5.76 Å². The van der Waals surface area contributed by atoms with Crippen LogP contribution in [-0.4, -0.2) is 46.9 Å². The van der Waals surface area contributed by atoms with Gasteiger partial charge in [-0.1, -0.05) is 12.1 Å². The third-order valence-electron chi connectivity index (χ3n) is 4.10. The number of nitrogens with one attached hydrogen (secondary N) is 3. The number of benzene rings is 1. The second-order valence-electron chi connectivity index (χ2n) is 6.09. The van der Waals surface area contributed by atoms with Crippen LogP contribution < -0.4 is 16.0 Å². The second kappa shape index (κ2) is 8.85. The van der Waals surface area contributed by atoms with Crippen molar-refractivity contribution in [1.29, 1.82) is 0 Å². The molecule has 1 aromatic carbocycles. The Bertz CT molecular complexity index is 978. The van der Waals surface area contributed by atoms with Crippen LogP contribution in [0.2, 0.25) is 0 Å². The van der Waals surface area contributed by atoms with E-state index in [9.17, 15) is 14.4 Å². The molecule has 3 rings (SSSR count). The van der Waals surface area contributed by atoms with E-state index < -0.39 is 11.8 Å². The van der Waals surface area contributed by atoms with Gasteiger partial charge in [-0.05, 0) is 31.2 Å². The van der Waals surface area contributed by atoms with Gasteiger partial charge in [0.05, 0.1) is 30.4 Å². The molecule has 0 atom stereocenters. The molecule has 0 aliphatic heterocycles. The van der Waals surface area contributed by atoms with Crippen LogP contribution in [0.4, 0.5) is 0 Å². The number of fused-ring (bicyclic) bond motifs is 1. The van der Waals surface area contributed by atoms with Gasteiger partial charge >= 0.3 is 0 Å². The summed E-state index contributed by atoms with van der Waals surface area (Å²) in [7, 11) is 0. The topological polar surface area (TPSA) is 118 Å². The average Bonchev–Trinajstić information content (AvgIpc) is 3.33. The van der Waals surface area contributed by atoms with Crippen LogP contribution in [0.1, 0.15) is 16.4 Å². The number of hydrogen-bond acceptors (Lipinski definition) is 5. The normalized spacial score (nSPS) is 10.6. The third kappa shape index (κ3) is 4.76. The summed E-state index contributed by atoms with van der Waals surface area (Å²) in [5.74, 6) is -0.282. The number of aromatic nitrogens is 2. The molecule has 0 spiro atoms. The van der Waals surface area contributed by atoms with Gasteiger partial charge in [-0.15, -0.1) is 0 Å². The Morgan fingerprint density at radius 2 is 1.75 bits per heavy atom. The van der Waals surface area contributed by atoms with E-state index in [-0.39, 0.29) is 24.8 Å². The highest BCUT2D eigenvalue weighted by atomic mass is 16.3. The van der Waals surface area contributed by atoms with E-state index >= 15 is 0 Å². The Kier molecular flexibility index (Phi) is 6.05. The van der Waals surface area contributed by atoms with Crippen LogP contribution >= 0.6 is 0 Å². The van der Waals surface area contributed by atoms with Crippen LogP contribution in [0.5, 0.6) is 0 Å². The highest BCUT2D eigenvalue weighted by molar-refractivity contribution is 5.94. The van der Waals surface area contributed by atoms with Crippen molar-refractivity contribution >= 4 is 28.8 Å². The van der Waals surface area contributed by atoms with E-state index in [4.69, 9.17) is 4.42 Å². The van der Waals surface area contributed by atoms with Crippen molar-refractivity contribution in [2.45, 2.75) is 13.5 Å². The van der Waals surface area contributed by atoms with E-state index in [1.54, 1.807) is 6.07 Å². The maximum atomic E-state index is 11.9. The lowest BCUT2D eigenvalue weighted by Gasteiger charge is -2.09. The van der Waals surface area contributed by atoms with Crippen molar-refractivity contribution in [2.75, 3.05) is 19.6 Å². The van der Waals surface area contributed by atoms with Gasteiger partial charge in [0, 0.05) is 13.1 Å². The van der Waals surface area contributed by atoms with Crippen molar-refractivity contribution < 1.29 is 18.8 Å². The molecule has 0 aliphatic carbocycles. The van der Waals surface area contributed by atoms with Gasteiger partial charge in [-0.25, -0.2) is 4.98 Å². The number of amides is 3. The van der Waals surface area contributed by atoms with Crippen molar-refractivity contribution in [3.63, 3.8) is 0 Å². The minimum Gasteiger partial charge on any atom is -0.459 e. The van der Waals surface area contributed by atoms with Gasteiger partial charge in [-0.3, -0.25) is 14.4 Å². The van der Waals surface area contributed by atoms with E-state index in [1.165, 1.54) is 12.3 Å². The van der Waals surface area contributed by atoms with Crippen LogP contribution in [0.3, 0.4) is 0 Å². The van der Waals surface area contributed by atoms with Crippen molar-refractivity contribution in [2.24, 2.45) is 0 Å². The summed E-state index contributed by atoms with van der Waals surface area (Å²) < 4.78 is 6.95. The molecule has 0 saturated carbocycles. The summed E-state index contributed by atoms with van der Waals surface area (Å²) in [4.78, 5) is 39.7. The highest BCUT2D eigenvalue weighted by Gasteiger charge is 2.11. The lowest BCUT2D eigenvalue weighted by Crippen LogP contribution is -2.42. The SMILES string of the molecule is Cc1nc2ccccc2n1CCNC(=O)CNC(=O)CNC(=O)c1ccco1. The summed E-state index contributed by atoms with van der Waals surface area (Å²) in [6, 6.07) is 10.9. The molecule has 0 saturated heterocycles. The number of furan rings is 1. The summed E-state index contributed by atoms with van der Waals surface area (Å²) >= 11 is 0. The Hall–Kier alpha value is -3.62. The molecule has 28 heavy (non-hydrogen) atoms. The number of imidazole rings is 1. The predicted molar refractivity (Wildman–Crippen MR) is 102 cm³/mol. The zero-order valence-electron chi connectivity index (χ0n) is 15.4. The highest BCUT2D eigenvalue weighted by Crippen LogP contribution is 2.14. The molecule has 0 fully saturated rings. The summed E-state index contributed by atoms with van der Waals surface area (Å²) in [6.07, 6.45) is 1.37. The van der Waals surface area contributed by atoms with E-state index in [2.05, 4.69) is 20.9 Å². The molecule has 0 bridgehead atoms. The number of carbonyl (C=O) groups excluding carboxylic acids is 3. The molecule has 2 aromatic heterocycles.